The van der Waals surface area contributed by atoms with Crippen LogP contribution in [0.4, 0.5) is 4.39 Å². The van der Waals surface area contributed by atoms with Crippen LogP contribution in [0.5, 0.6) is 0 Å². The van der Waals surface area contributed by atoms with Gasteiger partial charge in [-0.25, -0.2) is 4.39 Å². The summed E-state index contributed by atoms with van der Waals surface area (Å²) in [6.45, 7) is 2.14. The van der Waals surface area contributed by atoms with E-state index in [0.29, 0.717) is 31.3 Å². The molecule has 22 heavy (non-hydrogen) atoms. The molecular formula is C16H17FN2O3. The number of nitrogens with one attached hydrogen (secondary N) is 1. The van der Waals surface area contributed by atoms with Crippen LogP contribution >= 0.6 is 0 Å². The van der Waals surface area contributed by atoms with Gasteiger partial charge >= 0.3 is 5.97 Å². The zero-order chi connectivity index (χ0) is 15.7. The quantitative estimate of drug-likeness (QED) is 0.904. The molecule has 0 atom stereocenters. The normalized spacial score (nSPS) is 15.0. The Morgan fingerprint density at radius 1 is 1.36 bits per heavy atom. The number of pyridine rings is 1. The second-order valence-electron chi connectivity index (χ2n) is 5.62. The second kappa shape index (κ2) is 5.88. The fourth-order valence-corrected chi connectivity index (χ4v) is 3.02. The van der Waals surface area contributed by atoms with Gasteiger partial charge in [-0.3, -0.25) is 14.5 Å². The van der Waals surface area contributed by atoms with Crippen molar-refractivity contribution in [1.29, 1.82) is 0 Å². The SMILES string of the molecule is O=C(O)CCCN1CCc2[nH]c(=O)c3cc(F)ccc3c2C1. The maximum atomic E-state index is 13.3. The van der Waals surface area contributed by atoms with E-state index >= 15 is 0 Å². The van der Waals surface area contributed by atoms with Crippen LogP contribution in [0.1, 0.15) is 24.1 Å². The molecule has 0 radical (unpaired) electrons. The molecule has 5 nitrogen and oxygen atoms in total. The first-order valence-corrected chi connectivity index (χ1v) is 7.32. The van der Waals surface area contributed by atoms with Gasteiger partial charge in [0.05, 0.1) is 5.39 Å². The number of benzene rings is 1. The van der Waals surface area contributed by atoms with Crippen molar-refractivity contribution >= 4 is 16.7 Å². The van der Waals surface area contributed by atoms with E-state index in [1.54, 1.807) is 6.07 Å². The fraction of sp³-hybridized carbons (Fsp3) is 0.375. The van der Waals surface area contributed by atoms with Crippen molar-refractivity contribution in [3.8, 4) is 0 Å². The van der Waals surface area contributed by atoms with E-state index in [0.717, 1.165) is 23.2 Å². The van der Waals surface area contributed by atoms with E-state index in [-0.39, 0.29) is 12.0 Å². The topological polar surface area (TPSA) is 73.4 Å². The number of carboxylic acids is 1. The average molecular weight is 304 g/mol. The van der Waals surface area contributed by atoms with E-state index in [4.69, 9.17) is 5.11 Å². The molecule has 2 N–H and O–H groups in total. The number of H-pyrrole nitrogens is 1. The monoisotopic (exact) mass is 304 g/mol. The third kappa shape index (κ3) is 2.87. The molecule has 2 aromatic rings. The summed E-state index contributed by atoms with van der Waals surface area (Å²) in [4.78, 5) is 27.6. The lowest BCUT2D eigenvalue weighted by Gasteiger charge is -2.29. The number of hydrogen-bond acceptors (Lipinski definition) is 3. The Morgan fingerprint density at radius 3 is 2.95 bits per heavy atom. The lowest BCUT2D eigenvalue weighted by Crippen LogP contribution is -2.33. The predicted molar refractivity (Wildman–Crippen MR) is 80.4 cm³/mol. The van der Waals surface area contributed by atoms with Gasteiger partial charge in [0.1, 0.15) is 5.82 Å². The molecule has 0 unspecified atom stereocenters. The average Bonchev–Trinajstić information content (AvgIpc) is 2.48. The molecule has 0 bridgehead atoms. The van der Waals surface area contributed by atoms with E-state index in [2.05, 4.69) is 9.88 Å². The van der Waals surface area contributed by atoms with Gasteiger partial charge in [0.15, 0.2) is 0 Å². The van der Waals surface area contributed by atoms with Gasteiger partial charge in [-0.1, -0.05) is 6.07 Å². The Balaban J connectivity index is 1.89. The molecular weight excluding hydrogens is 287 g/mol. The van der Waals surface area contributed by atoms with Crippen LogP contribution in [0, 0.1) is 5.82 Å². The maximum Gasteiger partial charge on any atom is 0.303 e. The maximum absolute atomic E-state index is 13.3. The van der Waals surface area contributed by atoms with Crippen LogP contribution in [0.25, 0.3) is 10.8 Å². The van der Waals surface area contributed by atoms with Crippen LogP contribution in [0.2, 0.25) is 0 Å². The van der Waals surface area contributed by atoms with Crippen molar-refractivity contribution in [3.63, 3.8) is 0 Å². The highest BCUT2D eigenvalue weighted by Crippen LogP contribution is 2.24. The number of halogens is 1. The Hall–Kier alpha value is -2.21. The number of aromatic amines is 1. The predicted octanol–water partition coefficient (Wildman–Crippen LogP) is 1.89. The van der Waals surface area contributed by atoms with E-state index in [1.165, 1.54) is 12.1 Å². The summed E-state index contributed by atoms with van der Waals surface area (Å²) in [5, 5.41) is 9.85. The second-order valence-corrected chi connectivity index (χ2v) is 5.62. The van der Waals surface area contributed by atoms with Gasteiger partial charge in [0, 0.05) is 31.6 Å². The number of hydrogen-bond donors (Lipinski definition) is 2. The molecule has 0 fully saturated rings. The summed E-state index contributed by atoms with van der Waals surface area (Å²) in [7, 11) is 0. The molecule has 116 valence electrons. The molecule has 6 heteroatoms. The van der Waals surface area contributed by atoms with Gasteiger partial charge in [0.2, 0.25) is 0 Å². The lowest BCUT2D eigenvalue weighted by atomic mass is 9.98. The Morgan fingerprint density at radius 2 is 2.18 bits per heavy atom. The first-order chi connectivity index (χ1) is 10.5. The van der Waals surface area contributed by atoms with Gasteiger partial charge in [-0.2, -0.15) is 0 Å². The standard InChI is InChI=1S/C16H17FN2O3/c17-10-3-4-11-12(8-10)16(22)18-14-5-7-19(9-13(11)14)6-1-2-15(20)21/h3-4,8H,1-2,5-7,9H2,(H,18,22)(H,20,21). The van der Waals surface area contributed by atoms with E-state index < -0.39 is 11.8 Å². The molecule has 1 aromatic carbocycles. The van der Waals surface area contributed by atoms with Crippen molar-refractivity contribution in [1.82, 2.24) is 9.88 Å². The third-order valence-corrected chi connectivity index (χ3v) is 4.10. The molecule has 1 aliphatic heterocycles. The molecule has 1 aromatic heterocycles. The minimum Gasteiger partial charge on any atom is -0.481 e. The van der Waals surface area contributed by atoms with Crippen molar-refractivity contribution in [2.24, 2.45) is 0 Å². The largest absolute Gasteiger partial charge is 0.481 e. The summed E-state index contributed by atoms with van der Waals surface area (Å²) < 4.78 is 13.3. The minimum atomic E-state index is -0.789. The fourth-order valence-electron chi connectivity index (χ4n) is 3.02. The first kappa shape index (κ1) is 14.7. The van der Waals surface area contributed by atoms with Crippen LogP contribution in [0.3, 0.4) is 0 Å². The van der Waals surface area contributed by atoms with E-state index in [9.17, 15) is 14.0 Å². The summed E-state index contributed by atoms with van der Waals surface area (Å²) in [6.07, 6.45) is 1.46. The summed E-state index contributed by atoms with van der Waals surface area (Å²) >= 11 is 0. The molecule has 3 rings (SSSR count). The third-order valence-electron chi connectivity index (χ3n) is 4.10. The smallest absolute Gasteiger partial charge is 0.303 e. The Bertz CT molecular complexity index is 785. The van der Waals surface area contributed by atoms with Crippen molar-refractivity contribution in [2.45, 2.75) is 25.8 Å². The van der Waals surface area contributed by atoms with Crippen LogP contribution < -0.4 is 5.56 Å². The molecule has 1 aliphatic rings. The molecule has 0 saturated heterocycles. The summed E-state index contributed by atoms with van der Waals surface area (Å²) in [5.74, 6) is -1.21. The van der Waals surface area contributed by atoms with Gasteiger partial charge in [-0.15, -0.1) is 0 Å². The Labute approximate surface area is 126 Å². The minimum absolute atomic E-state index is 0.154. The van der Waals surface area contributed by atoms with Crippen molar-refractivity contribution < 1.29 is 14.3 Å². The zero-order valence-corrected chi connectivity index (χ0v) is 12.1. The highest BCUT2D eigenvalue weighted by atomic mass is 19.1. The number of fused-ring (bicyclic) bond motifs is 3. The molecule has 0 amide bonds. The summed E-state index contributed by atoms with van der Waals surface area (Å²) in [5.41, 5.74) is 1.65. The number of aliphatic carboxylic acids is 1. The van der Waals surface area contributed by atoms with Crippen LogP contribution in [-0.2, 0) is 17.8 Å². The number of nitrogens with zero attached hydrogens (tertiary/aromatic N) is 1. The van der Waals surface area contributed by atoms with Crippen LogP contribution in [-0.4, -0.2) is 34.0 Å². The zero-order valence-electron chi connectivity index (χ0n) is 12.1. The number of carboxylic acid groups (broad SMARTS) is 1. The lowest BCUT2D eigenvalue weighted by molar-refractivity contribution is -0.137. The highest BCUT2D eigenvalue weighted by Gasteiger charge is 2.20. The molecule has 0 spiro atoms. The number of aromatic nitrogens is 1. The molecule has 0 saturated carbocycles. The molecule has 2 heterocycles. The highest BCUT2D eigenvalue weighted by molar-refractivity contribution is 5.85. The number of carbonyl (C=O) groups is 1. The van der Waals surface area contributed by atoms with E-state index in [1.807, 2.05) is 0 Å². The van der Waals surface area contributed by atoms with Gasteiger partial charge in [-0.05, 0) is 36.0 Å². The van der Waals surface area contributed by atoms with Gasteiger partial charge < -0.3 is 10.1 Å². The summed E-state index contributed by atoms with van der Waals surface area (Å²) in [6, 6.07) is 4.28. The molecule has 0 aliphatic carbocycles. The number of rotatable bonds is 4. The van der Waals surface area contributed by atoms with Gasteiger partial charge in [0.25, 0.3) is 5.56 Å². The Kier molecular flexibility index (Phi) is 3.94. The first-order valence-electron chi connectivity index (χ1n) is 7.32. The van der Waals surface area contributed by atoms with Crippen LogP contribution in [0.15, 0.2) is 23.0 Å². The van der Waals surface area contributed by atoms with Crippen molar-refractivity contribution in [2.75, 3.05) is 13.1 Å². The van der Waals surface area contributed by atoms with Crippen molar-refractivity contribution in [3.05, 3.63) is 45.6 Å².